The van der Waals surface area contributed by atoms with Crippen molar-refractivity contribution in [2.75, 3.05) is 10.6 Å². The molecule has 6 nitrogen and oxygen atoms in total. The smallest absolute Gasteiger partial charge is 0.276 e. The molecule has 0 aliphatic rings. The zero-order valence-electron chi connectivity index (χ0n) is 14.4. The molecular weight excluding hydrogens is 326 g/mol. The third-order valence-electron chi connectivity index (χ3n) is 3.82. The topological polar surface area (TPSA) is 90.7 Å². The summed E-state index contributed by atoms with van der Waals surface area (Å²) in [5.41, 5.74) is 4.41. The first-order valence-electron chi connectivity index (χ1n) is 8.05. The average molecular weight is 343 g/mol. The minimum Gasteiger partial charge on any atom is -0.339 e. The number of nitrogens with zero attached hydrogens (tertiary/aromatic N) is 3. The molecule has 2 N–H and O–H groups in total. The van der Waals surface area contributed by atoms with Crippen molar-refractivity contribution in [3.05, 3.63) is 77.0 Å². The van der Waals surface area contributed by atoms with E-state index < -0.39 is 0 Å². The van der Waals surface area contributed by atoms with Gasteiger partial charge in [-0.25, -0.2) is 0 Å². The summed E-state index contributed by atoms with van der Waals surface area (Å²) in [5, 5.41) is 22.7. The van der Waals surface area contributed by atoms with Gasteiger partial charge in [0.1, 0.15) is 0 Å². The molecule has 0 aliphatic carbocycles. The van der Waals surface area contributed by atoms with Gasteiger partial charge in [0.05, 0.1) is 11.6 Å². The zero-order chi connectivity index (χ0) is 18.5. The number of hydrogen-bond acceptors (Lipinski definition) is 5. The first-order chi connectivity index (χ1) is 12.5. The Labute approximate surface area is 151 Å². The molecule has 6 heteroatoms. The lowest BCUT2D eigenvalue weighted by atomic mass is 10.1. The van der Waals surface area contributed by atoms with Crippen LogP contribution in [-0.2, 0) is 0 Å². The molecule has 1 amide bonds. The zero-order valence-corrected chi connectivity index (χ0v) is 14.4. The number of carbonyl (C=O) groups is 1. The summed E-state index contributed by atoms with van der Waals surface area (Å²) in [7, 11) is 0. The number of hydrogen-bond donors (Lipinski definition) is 2. The van der Waals surface area contributed by atoms with Gasteiger partial charge in [-0.3, -0.25) is 4.79 Å². The highest BCUT2D eigenvalue weighted by Gasteiger charge is 2.10. The van der Waals surface area contributed by atoms with Gasteiger partial charge in [0.15, 0.2) is 11.5 Å². The second kappa shape index (κ2) is 7.45. The van der Waals surface area contributed by atoms with Crippen molar-refractivity contribution in [3.63, 3.8) is 0 Å². The Morgan fingerprint density at radius 1 is 1.00 bits per heavy atom. The highest BCUT2D eigenvalue weighted by molar-refractivity contribution is 6.03. The van der Waals surface area contributed by atoms with Crippen LogP contribution in [0.3, 0.4) is 0 Å². The summed E-state index contributed by atoms with van der Waals surface area (Å²) < 4.78 is 0. The third kappa shape index (κ3) is 4.02. The van der Waals surface area contributed by atoms with Crippen LogP contribution in [0.5, 0.6) is 0 Å². The van der Waals surface area contributed by atoms with Gasteiger partial charge in [-0.1, -0.05) is 12.1 Å². The number of anilines is 3. The molecule has 3 rings (SSSR count). The maximum absolute atomic E-state index is 12.4. The summed E-state index contributed by atoms with van der Waals surface area (Å²) in [6.45, 7) is 3.91. The number of nitriles is 1. The molecule has 1 aromatic heterocycles. The average Bonchev–Trinajstić information content (AvgIpc) is 2.66. The van der Waals surface area contributed by atoms with E-state index in [0.29, 0.717) is 11.4 Å². The molecule has 1 heterocycles. The molecule has 0 saturated heterocycles. The SMILES string of the molecule is Cc1ccc(C)c(NC(=O)c2ccc(Nc3ccc(C#N)cc3)nn2)c1. The Bertz CT molecular complexity index is 973. The van der Waals surface area contributed by atoms with Crippen LogP contribution in [-0.4, -0.2) is 16.1 Å². The van der Waals surface area contributed by atoms with Gasteiger partial charge in [-0.2, -0.15) is 5.26 Å². The van der Waals surface area contributed by atoms with E-state index >= 15 is 0 Å². The predicted octanol–water partition coefficient (Wildman–Crippen LogP) is 3.96. The lowest BCUT2D eigenvalue weighted by molar-refractivity contribution is 0.102. The van der Waals surface area contributed by atoms with E-state index in [-0.39, 0.29) is 11.6 Å². The van der Waals surface area contributed by atoms with Crippen molar-refractivity contribution in [1.29, 1.82) is 5.26 Å². The Balaban J connectivity index is 1.69. The van der Waals surface area contributed by atoms with E-state index in [9.17, 15) is 4.79 Å². The fourth-order valence-corrected chi connectivity index (χ4v) is 2.35. The van der Waals surface area contributed by atoms with Crippen LogP contribution in [0.25, 0.3) is 0 Å². The van der Waals surface area contributed by atoms with Gasteiger partial charge in [-0.15, -0.1) is 10.2 Å². The number of carbonyl (C=O) groups excluding carboxylic acids is 1. The molecule has 0 saturated carbocycles. The number of rotatable bonds is 4. The first-order valence-corrected chi connectivity index (χ1v) is 8.05. The first kappa shape index (κ1) is 17.1. The van der Waals surface area contributed by atoms with Crippen LogP contribution in [0.2, 0.25) is 0 Å². The molecule has 2 aromatic carbocycles. The molecule has 0 unspecified atom stereocenters. The van der Waals surface area contributed by atoms with E-state index in [4.69, 9.17) is 5.26 Å². The molecule has 3 aromatic rings. The summed E-state index contributed by atoms with van der Waals surface area (Å²) in [6.07, 6.45) is 0. The molecule has 128 valence electrons. The van der Waals surface area contributed by atoms with E-state index in [1.807, 2.05) is 32.0 Å². The molecule has 0 atom stereocenters. The molecule has 0 aliphatic heterocycles. The van der Waals surface area contributed by atoms with Crippen molar-refractivity contribution in [1.82, 2.24) is 10.2 Å². The van der Waals surface area contributed by atoms with Crippen molar-refractivity contribution in [2.45, 2.75) is 13.8 Å². The lowest BCUT2D eigenvalue weighted by Crippen LogP contribution is -2.15. The minimum atomic E-state index is -0.309. The minimum absolute atomic E-state index is 0.233. The fourth-order valence-electron chi connectivity index (χ4n) is 2.35. The van der Waals surface area contributed by atoms with Crippen LogP contribution in [0.15, 0.2) is 54.6 Å². The normalized spacial score (nSPS) is 10.0. The van der Waals surface area contributed by atoms with E-state index in [1.165, 1.54) is 0 Å². The third-order valence-corrected chi connectivity index (χ3v) is 3.82. The van der Waals surface area contributed by atoms with Crippen LogP contribution >= 0.6 is 0 Å². The van der Waals surface area contributed by atoms with Crippen molar-refractivity contribution >= 4 is 23.1 Å². The largest absolute Gasteiger partial charge is 0.339 e. The van der Waals surface area contributed by atoms with Gasteiger partial charge in [0.25, 0.3) is 5.91 Å². The van der Waals surface area contributed by atoms with Crippen molar-refractivity contribution in [3.8, 4) is 6.07 Å². The lowest BCUT2D eigenvalue weighted by Gasteiger charge is -2.09. The quantitative estimate of drug-likeness (QED) is 0.748. The van der Waals surface area contributed by atoms with Gasteiger partial charge in [-0.05, 0) is 67.4 Å². The van der Waals surface area contributed by atoms with Gasteiger partial charge in [0, 0.05) is 11.4 Å². The summed E-state index contributed by atoms with van der Waals surface area (Å²) in [6, 6.07) is 18.2. The maximum Gasteiger partial charge on any atom is 0.276 e. The van der Waals surface area contributed by atoms with Gasteiger partial charge < -0.3 is 10.6 Å². The standard InChI is InChI=1S/C20H17N5O/c1-13-3-4-14(2)18(11-13)23-20(26)17-9-10-19(25-24-17)22-16-7-5-15(12-21)6-8-16/h3-11H,1-2H3,(H,22,25)(H,23,26). The number of aryl methyl sites for hydroxylation is 2. The Morgan fingerprint density at radius 3 is 2.42 bits per heavy atom. The monoisotopic (exact) mass is 343 g/mol. The molecule has 0 radical (unpaired) electrons. The number of benzene rings is 2. The summed E-state index contributed by atoms with van der Waals surface area (Å²) in [4.78, 5) is 12.4. The van der Waals surface area contributed by atoms with Gasteiger partial charge in [0.2, 0.25) is 0 Å². The maximum atomic E-state index is 12.4. The highest BCUT2D eigenvalue weighted by atomic mass is 16.1. The molecule has 0 bridgehead atoms. The Hall–Kier alpha value is -3.72. The number of nitrogens with one attached hydrogen (secondary N) is 2. The Kier molecular flexibility index (Phi) is 4.90. The van der Waals surface area contributed by atoms with Crippen molar-refractivity contribution in [2.24, 2.45) is 0 Å². The predicted molar refractivity (Wildman–Crippen MR) is 100 cm³/mol. The van der Waals surface area contributed by atoms with Gasteiger partial charge >= 0.3 is 0 Å². The van der Waals surface area contributed by atoms with E-state index in [2.05, 4.69) is 26.9 Å². The van der Waals surface area contributed by atoms with Crippen LogP contribution in [0.1, 0.15) is 27.2 Å². The highest BCUT2D eigenvalue weighted by Crippen LogP contribution is 2.18. The van der Waals surface area contributed by atoms with Crippen LogP contribution < -0.4 is 10.6 Å². The fraction of sp³-hybridized carbons (Fsp3) is 0.100. The molecule has 26 heavy (non-hydrogen) atoms. The number of aromatic nitrogens is 2. The number of amides is 1. The van der Waals surface area contributed by atoms with Crippen LogP contribution in [0.4, 0.5) is 17.2 Å². The van der Waals surface area contributed by atoms with Crippen molar-refractivity contribution < 1.29 is 4.79 Å². The Morgan fingerprint density at radius 2 is 1.77 bits per heavy atom. The van der Waals surface area contributed by atoms with E-state index in [0.717, 1.165) is 22.5 Å². The second-order valence-electron chi connectivity index (χ2n) is 5.89. The van der Waals surface area contributed by atoms with E-state index in [1.54, 1.807) is 36.4 Å². The second-order valence-corrected chi connectivity index (χ2v) is 5.89. The molecule has 0 fully saturated rings. The summed E-state index contributed by atoms with van der Waals surface area (Å²) >= 11 is 0. The molecular formula is C20H17N5O. The van der Waals surface area contributed by atoms with Crippen LogP contribution in [0, 0.1) is 25.2 Å². The molecule has 0 spiro atoms. The summed E-state index contributed by atoms with van der Waals surface area (Å²) in [5.74, 6) is 0.203.